The molecule has 2 amide bonds. The number of rotatable bonds is 4. The number of nitrogens with zero attached hydrogens (tertiary/aromatic N) is 4. The minimum atomic E-state index is -0.361. The molecular weight excluding hydrogens is 424 g/mol. The summed E-state index contributed by atoms with van der Waals surface area (Å²) in [5, 5.41) is 5.97. The largest absolute Gasteiger partial charge is 0.325 e. The number of carbonyl (C=O) groups is 1. The van der Waals surface area contributed by atoms with Crippen molar-refractivity contribution in [3.05, 3.63) is 110 Å². The number of fused-ring (bicyclic) bond motifs is 2. The number of anilines is 2. The van der Waals surface area contributed by atoms with E-state index in [0.29, 0.717) is 11.6 Å². The van der Waals surface area contributed by atoms with Crippen LogP contribution in [-0.4, -0.2) is 24.8 Å². The quantitative estimate of drug-likeness (QED) is 0.352. The zero-order valence-corrected chi connectivity index (χ0v) is 18.1. The molecule has 0 spiro atoms. The van der Waals surface area contributed by atoms with Crippen LogP contribution >= 0.6 is 0 Å². The van der Waals surface area contributed by atoms with Gasteiger partial charge in [-0.1, -0.05) is 60.7 Å². The van der Waals surface area contributed by atoms with Crippen LogP contribution in [0.3, 0.4) is 0 Å². The average molecular weight is 444 g/mol. The predicted molar refractivity (Wildman–Crippen MR) is 134 cm³/mol. The number of aromatic nitrogens is 4. The van der Waals surface area contributed by atoms with Crippen LogP contribution in [-0.2, 0) is 0 Å². The van der Waals surface area contributed by atoms with Gasteiger partial charge in [0.25, 0.3) is 0 Å². The fraction of sp³-hybridized carbons (Fsp3) is 0. The van der Waals surface area contributed by atoms with Gasteiger partial charge in [-0.25, -0.2) is 14.8 Å². The highest BCUT2D eigenvalue weighted by Gasteiger charge is 2.12. The van der Waals surface area contributed by atoms with E-state index in [-0.39, 0.29) is 6.03 Å². The summed E-state index contributed by atoms with van der Waals surface area (Å²) in [6.45, 7) is 0. The zero-order valence-electron chi connectivity index (χ0n) is 18.1. The van der Waals surface area contributed by atoms with Crippen LogP contribution in [0.5, 0.6) is 0 Å². The monoisotopic (exact) mass is 444 g/mol. The molecule has 0 aliphatic rings. The second-order valence-electron chi connectivity index (χ2n) is 7.95. The van der Waals surface area contributed by atoms with Gasteiger partial charge < -0.3 is 0 Å². The van der Waals surface area contributed by atoms with Crippen LogP contribution in [0.25, 0.3) is 33.3 Å². The number of hydrogen-bond donors (Lipinski definition) is 2. The van der Waals surface area contributed by atoms with E-state index in [0.717, 1.165) is 33.3 Å². The Kier molecular flexibility index (Phi) is 4.77. The maximum absolute atomic E-state index is 13.1. The molecule has 2 aromatic carbocycles. The van der Waals surface area contributed by atoms with E-state index < -0.39 is 0 Å². The lowest BCUT2D eigenvalue weighted by atomic mass is 10.1. The number of urea groups is 1. The molecule has 34 heavy (non-hydrogen) atoms. The minimum Gasteiger partial charge on any atom is -0.293 e. The van der Waals surface area contributed by atoms with Gasteiger partial charge >= 0.3 is 6.03 Å². The molecule has 0 atom stereocenters. The van der Waals surface area contributed by atoms with Crippen molar-refractivity contribution < 1.29 is 4.79 Å². The second-order valence-corrected chi connectivity index (χ2v) is 7.95. The molecule has 0 fully saturated rings. The summed E-state index contributed by atoms with van der Waals surface area (Å²) in [6, 6.07) is 27.7. The maximum atomic E-state index is 13.1. The molecule has 0 radical (unpaired) electrons. The van der Waals surface area contributed by atoms with Crippen LogP contribution in [0.4, 0.5) is 16.4 Å². The predicted octanol–water partition coefficient (Wildman–Crippen LogP) is 5.96. The molecule has 0 saturated carbocycles. The number of amides is 2. The minimum absolute atomic E-state index is 0.361. The molecule has 0 bridgehead atoms. The third kappa shape index (κ3) is 3.65. The highest BCUT2D eigenvalue weighted by molar-refractivity contribution is 6.00. The van der Waals surface area contributed by atoms with E-state index >= 15 is 0 Å². The summed E-state index contributed by atoms with van der Waals surface area (Å²) in [6.07, 6.45) is 6.91. The van der Waals surface area contributed by atoms with Gasteiger partial charge in [0.05, 0.1) is 23.4 Å². The Morgan fingerprint density at radius 3 is 1.47 bits per heavy atom. The number of benzene rings is 2. The van der Waals surface area contributed by atoms with Crippen LogP contribution in [0.15, 0.2) is 110 Å². The molecular formula is C27H20N6O. The normalized spacial score (nSPS) is 11.1. The first-order valence-electron chi connectivity index (χ1n) is 10.9. The van der Waals surface area contributed by atoms with Gasteiger partial charge in [0.15, 0.2) is 0 Å². The molecule has 4 heterocycles. The number of carbonyl (C=O) groups excluding carboxylic acids is 1. The van der Waals surface area contributed by atoms with E-state index in [1.165, 1.54) is 0 Å². The summed E-state index contributed by atoms with van der Waals surface area (Å²) in [7, 11) is 0. The van der Waals surface area contributed by atoms with E-state index in [1.54, 1.807) is 25.0 Å². The summed E-state index contributed by atoms with van der Waals surface area (Å²) >= 11 is 0. The third-order valence-corrected chi connectivity index (χ3v) is 5.74. The molecule has 0 saturated heterocycles. The molecule has 0 unspecified atom stereocenters. The van der Waals surface area contributed by atoms with Crippen molar-refractivity contribution in [1.82, 2.24) is 18.8 Å². The fourth-order valence-electron chi connectivity index (χ4n) is 4.11. The average Bonchev–Trinajstić information content (AvgIpc) is 3.55. The standard InChI is InChI=1S/C27H20N6O/c34-27(30-25-13-21(19-7-3-1-4-8-19)11-23-15-28-17-32(23)25)31-26-14-22(20-9-5-2-6-10-20)12-24-16-29-18-33(24)26/h1-18H,(H2,30,31,34). The van der Waals surface area contributed by atoms with Gasteiger partial charge in [-0.2, -0.15) is 0 Å². The van der Waals surface area contributed by atoms with E-state index in [2.05, 4.69) is 20.6 Å². The summed E-state index contributed by atoms with van der Waals surface area (Å²) < 4.78 is 3.69. The van der Waals surface area contributed by atoms with Gasteiger partial charge in [0.2, 0.25) is 0 Å². The van der Waals surface area contributed by atoms with Crippen molar-refractivity contribution >= 4 is 28.7 Å². The maximum Gasteiger partial charge on any atom is 0.325 e. The SMILES string of the molecule is O=C(Nc1cc(-c2ccccc2)cc2cncn12)Nc1cc(-c2ccccc2)cc2cncn12. The van der Waals surface area contributed by atoms with Crippen molar-refractivity contribution in [2.24, 2.45) is 0 Å². The van der Waals surface area contributed by atoms with Crippen molar-refractivity contribution in [1.29, 1.82) is 0 Å². The molecule has 164 valence electrons. The summed E-state index contributed by atoms with van der Waals surface area (Å²) in [4.78, 5) is 21.6. The topological polar surface area (TPSA) is 75.7 Å². The second kappa shape index (κ2) is 8.22. The Morgan fingerprint density at radius 1 is 0.588 bits per heavy atom. The molecule has 2 N–H and O–H groups in total. The van der Waals surface area contributed by atoms with Gasteiger partial charge in [-0.15, -0.1) is 0 Å². The van der Waals surface area contributed by atoms with Crippen LogP contribution in [0, 0.1) is 0 Å². The molecule has 0 aliphatic heterocycles. The highest BCUT2D eigenvalue weighted by Crippen LogP contribution is 2.27. The first-order valence-corrected chi connectivity index (χ1v) is 10.9. The van der Waals surface area contributed by atoms with Crippen molar-refractivity contribution in [2.75, 3.05) is 10.6 Å². The first-order chi connectivity index (χ1) is 16.7. The molecule has 7 heteroatoms. The van der Waals surface area contributed by atoms with E-state index in [1.807, 2.05) is 93.7 Å². The van der Waals surface area contributed by atoms with Crippen molar-refractivity contribution in [3.63, 3.8) is 0 Å². The molecule has 6 aromatic rings. The van der Waals surface area contributed by atoms with Gasteiger partial charge in [-0.05, 0) is 46.5 Å². The first kappa shape index (κ1) is 19.8. The van der Waals surface area contributed by atoms with E-state index in [9.17, 15) is 4.79 Å². The highest BCUT2D eigenvalue weighted by atomic mass is 16.2. The molecule has 0 aliphatic carbocycles. The van der Waals surface area contributed by atoms with Crippen LogP contribution in [0.2, 0.25) is 0 Å². The van der Waals surface area contributed by atoms with Crippen molar-refractivity contribution in [2.45, 2.75) is 0 Å². The summed E-state index contributed by atoms with van der Waals surface area (Å²) in [5.41, 5.74) is 5.88. The molecule has 7 nitrogen and oxygen atoms in total. The lowest BCUT2D eigenvalue weighted by Crippen LogP contribution is -2.22. The lowest BCUT2D eigenvalue weighted by molar-refractivity contribution is 0.262. The van der Waals surface area contributed by atoms with Crippen LogP contribution < -0.4 is 10.6 Å². The number of hydrogen-bond acceptors (Lipinski definition) is 3. The smallest absolute Gasteiger partial charge is 0.293 e. The third-order valence-electron chi connectivity index (χ3n) is 5.74. The van der Waals surface area contributed by atoms with Gasteiger partial charge in [0, 0.05) is 0 Å². The van der Waals surface area contributed by atoms with Crippen molar-refractivity contribution in [3.8, 4) is 22.3 Å². The molecule has 6 rings (SSSR count). The Labute approximate surface area is 195 Å². The number of pyridine rings is 2. The Bertz CT molecular complexity index is 1500. The van der Waals surface area contributed by atoms with Crippen LogP contribution in [0.1, 0.15) is 0 Å². The number of imidazole rings is 2. The lowest BCUT2D eigenvalue weighted by Gasteiger charge is -2.14. The Morgan fingerprint density at radius 2 is 1.03 bits per heavy atom. The summed E-state index contributed by atoms with van der Waals surface area (Å²) in [5.74, 6) is 1.24. The zero-order chi connectivity index (χ0) is 22.9. The Balaban J connectivity index is 1.34. The van der Waals surface area contributed by atoms with Gasteiger partial charge in [0.1, 0.15) is 24.3 Å². The Hall–Kier alpha value is -4.91. The van der Waals surface area contributed by atoms with E-state index in [4.69, 9.17) is 0 Å². The fourth-order valence-corrected chi connectivity index (χ4v) is 4.11. The molecule has 4 aromatic heterocycles. The number of nitrogens with one attached hydrogen (secondary N) is 2. The van der Waals surface area contributed by atoms with Gasteiger partial charge in [-0.3, -0.25) is 19.4 Å².